The van der Waals surface area contributed by atoms with Gasteiger partial charge in [0.15, 0.2) is 6.61 Å². The topological polar surface area (TPSA) is 91.5 Å². The van der Waals surface area contributed by atoms with Gasteiger partial charge in [0, 0.05) is 11.4 Å². The molecular formula is C18H20N2O4. The van der Waals surface area contributed by atoms with Crippen LogP contribution in [0, 0.1) is 6.92 Å². The molecule has 0 bridgehead atoms. The molecule has 2 aromatic rings. The average Bonchev–Trinajstić information content (AvgIpc) is 2.57. The zero-order chi connectivity index (χ0) is 17.4. The van der Waals surface area contributed by atoms with Crippen LogP contribution >= 0.6 is 0 Å². The Bertz CT molecular complexity index is 698. The summed E-state index contributed by atoms with van der Waals surface area (Å²) >= 11 is 0. The first-order valence-corrected chi connectivity index (χ1v) is 7.65. The predicted octanol–water partition coefficient (Wildman–Crippen LogP) is 2.04. The Hall–Kier alpha value is -2.89. The van der Waals surface area contributed by atoms with Crippen LogP contribution in [0.5, 0.6) is 5.75 Å². The second-order valence-electron chi connectivity index (χ2n) is 5.29. The van der Waals surface area contributed by atoms with Crippen molar-refractivity contribution < 1.29 is 19.1 Å². The average molecular weight is 328 g/mol. The van der Waals surface area contributed by atoms with Crippen LogP contribution in [-0.2, 0) is 16.0 Å². The molecule has 0 fully saturated rings. The molecule has 1 heterocycles. The molecule has 1 aromatic heterocycles. The normalized spacial score (nSPS) is 10.2. The summed E-state index contributed by atoms with van der Waals surface area (Å²) in [5.74, 6) is -0.480. The molecule has 1 aromatic carbocycles. The molecule has 0 saturated carbocycles. The molecule has 2 N–H and O–H groups in total. The molecule has 0 atom stereocenters. The van der Waals surface area contributed by atoms with Crippen LogP contribution in [-0.4, -0.2) is 30.1 Å². The fraction of sp³-hybridized carbons (Fsp3) is 0.278. The lowest BCUT2D eigenvalue weighted by Gasteiger charge is -2.07. The predicted molar refractivity (Wildman–Crippen MR) is 88.7 cm³/mol. The molecule has 24 heavy (non-hydrogen) atoms. The van der Waals surface area contributed by atoms with E-state index in [1.165, 1.54) is 0 Å². The summed E-state index contributed by atoms with van der Waals surface area (Å²) in [4.78, 5) is 27.0. The van der Waals surface area contributed by atoms with Gasteiger partial charge in [-0.3, -0.25) is 9.78 Å². The number of carbonyl (C=O) groups excluding carboxylic acids is 2. The number of rotatable bonds is 8. The van der Waals surface area contributed by atoms with E-state index in [9.17, 15) is 9.59 Å². The van der Waals surface area contributed by atoms with Gasteiger partial charge in [0.1, 0.15) is 5.75 Å². The second-order valence-corrected chi connectivity index (χ2v) is 5.29. The van der Waals surface area contributed by atoms with E-state index in [2.05, 4.69) is 4.98 Å². The summed E-state index contributed by atoms with van der Waals surface area (Å²) in [6.45, 7) is 2.07. The van der Waals surface area contributed by atoms with Gasteiger partial charge in [0.05, 0.1) is 12.2 Å². The van der Waals surface area contributed by atoms with Crippen LogP contribution in [0.4, 0.5) is 0 Å². The lowest BCUT2D eigenvalue weighted by Crippen LogP contribution is -2.20. The molecule has 0 aliphatic heterocycles. The maximum absolute atomic E-state index is 11.9. The van der Waals surface area contributed by atoms with Gasteiger partial charge in [0.2, 0.25) is 0 Å². The molecule has 0 unspecified atom stereocenters. The maximum atomic E-state index is 11.9. The summed E-state index contributed by atoms with van der Waals surface area (Å²) in [6, 6.07) is 12.2. The highest BCUT2D eigenvalue weighted by Gasteiger charge is 2.07. The fourth-order valence-electron chi connectivity index (χ4n) is 2.08. The minimum absolute atomic E-state index is 0.198. The first kappa shape index (κ1) is 17.5. The number of pyridine rings is 1. The first-order chi connectivity index (χ1) is 11.5. The summed E-state index contributed by atoms with van der Waals surface area (Å²) in [6.07, 6.45) is 1.47. The third-order valence-corrected chi connectivity index (χ3v) is 3.23. The zero-order valence-electron chi connectivity index (χ0n) is 13.5. The molecule has 0 saturated heterocycles. The van der Waals surface area contributed by atoms with E-state index >= 15 is 0 Å². The lowest BCUT2D eigenvalue weighted by molar-refractivity contribution is -0.119. The highest BCUT2D eigenvalue weighted by atomic mass is 16.5. The number of amides is 1. The van der Waals surface area contributed by atoms with Crippen LogP contribution in [0.2, 0.25) is 0 Å². The Morgan fingerprint density at radius 1 is 1.12 bits per heavy atom. The van der Waals surface area contributed by atoms with Gasteiger partial charge in [-0.1, -0.05) is 6.07 Å². The van der Waals surface area contributed by atoms with Gasteiger partial charge in [-0.05, 0) is 56.2 Å². The van der Waals surface area contributed by atoms with Crippen LogP contribution in [0.25, 0.3) is 0 Å². The van der Waals surface area contributed by atoms with Crippen molar-refractivity contribution in [2.24, 2.45) is 5.73 Å². The van der Waals surface area contributed by atoms with Gasteiger partial charge < -0.3 is 15.2 Å². The molecule has 2 rings (SSSR count). The summed E-state index contributed by atoms with van der Waals surface area (Å²) in [7, 11) is 0. The number of benzene rings is 1. The highest BCUT2D eigenvalue weighted by molar-refractivity contribution is 5.89. The van der Waals surface area contributed by atoms with Crippen molar-refractivity contribution in [2.75, 3.05) is 13.2 Å². The Balaban J connectivity index is 1.75. The van der Waals surface area contributed by atoms with E-state index in [1.54, 1.807) is 24.3 Å². The number of aromatic nitrogens is 1. The molecule has 1 amide bonds. The maximum Gasteiger partial charge on any atom is 0.338 e. The summed E-state index contributed by atoms with van der Waals surface area (Å²) < 4.78 is 10.4. The second kappa shape index (κ2) is 8.67. The molecule has 126 valence electrons. The molecule has 0 radical (unpaired) electrons. The number of nitrogens with zero attached hydrogens (tertiary/aromatic N) is 1. The zero-order valence-corrected chi connectivity index (χ0v) is 13.5. The molecule has 0 aliphatic rings. The number of hydrogen-bond donors (Lipinski definition) is 1. The standard InChI is InChI=1S/C18H20N2O4/c1-13-4-2-5-15(20-13)6-3-11-23-18(22)14-7-9-16(10-8-14)24-12-17(19)21/h2,4-5,7-10H,3,6,11-12H2,1H3,(H2,19,21). The SMILES string of the molecule is Cc1cccc(CCCOC(=O)c2ccc(OCC(N)=O)cc2)n1. The minimum Gasteiger partial charge on any atom is -0.484 e. The Kier molecular flexibility index (Phi) is 6.31. The fourth-order valence-corrected chi connectivity index (χ4v) is 2.08. The third kappa shape index (κ3) is 5.72. The van der Waals surface area contributed by atoms with Crippen LogP contribution < -0.4 is 10.5 Å². The van der Waals surface area contributed by atoms with Crippen molar-refractivity contribution in [1.29, 1.82) is 0 Å². The lowest BCUT2D eigenvalue weighted by atomic mass is 10.2. The molecular weight excluding hydrogens is 308 g/mol. The molecule has 6 nitrogen and oxygen atoms in total. The van der Waals surface area contributed by atoms with Gasteiger partial charge in [-0.15, -0.1) is 0 Å². The van der Waals surface area contributed by atoms with E-state index in [-0.39, 0.29) is 6.61 Å². The number of esters is 1. The largest absolute Gasteiger partial charge is 0.484 e. The molecule has 6 heteroatoms. The Morgan fingerprint density at radius 3 is 2.54 bits per heavy atom. The van der Waals surface area contributed by atoms with E-state index in [0.717, 1.165) is 17.8 Å². The van der Waals surface area contributed by atoms with Crippen molar-refractivity contribution in [3.63, 3.8) is 0 Å². The van der Waals surface area contributed by atoms with Gasteiger partial charge in [-0.2, -0.15) is 0 Å². The monoisotopic (exact) mass is 328 g/mol. The van der Waals surface area contributed by atoms with E-state index in [1.807, 2.05) is 25.1 Å². The van der Waals surface area contributed by atoms with Crippen molar-refractivity contribution in [2.45, 2.75) is 19.8 Å². The van der Waals surface area contributed by atoms with Crippen molar-refractivity contribution >= 4 is 11.9 Å². The Labute approximate surface area is 140 Å². The summed E-state index contributed by atoms with van der Waals surface area (Å²) in [5.41, 5.74) is 7.38. The third-order valence-electron chi connectivity index (χ3n) is 3.23. The van der Waals surface area contributed by atoms with Crippen LogP contribution in [0.1, 0.15) is 28.2 Å². The van der Waals surface area contributed by atoms with Gasteiger partial charge in [-0.25, -0.2) is 4.79 Å². The van der Waals surface area contributed by atoms with Crippen molar-refractivity contribution in [3.8, 4) is 5.75 Å². The van der Waals surface area contributed by atoms with Gasteiger partial charge in [0.25, 0.3) is 5.91 Å². The number of hydrogen-bond acceptors (Lipinski definition) is 5. The van der Waals surface area contributed by atoms with Crippen LogP contribution in [0.3, 0.4) is 0 Å². The first-order valence-electron chi connectivity index (χ1n) is 7.65. The van der Waals surface area contributed by atoms with E-state index < -0.39 is 11.9 Å². The number of ether oxygens (including phenoxy) is 2. The molecule has 0 spiro atoms. The Morgan fingerprint density at radius 2 is 1.88 bits per heavy atom. The number of nitrogens with two attached hydrogens (primary N) is 1. The highest BCUT2D eigenvalue weighted by Crippen LogP contribution is 2.13. The number of carbonyl (C=O) groups is 2. The van der Waals surface area contributed by atoms with Gasteiger partial charge >= 0.3 is 5.97 Å². The molecule has 0 aliphatic carbocycles. The summed E-state index contributed by atoms with van der Waals surface area (Å²) in [5, 5.41) is 0. The quantitative estimate of drug-likeness (QED) is 0.591. The number of aryl methyl sites for hydroxylation is 2. The smallest absolute Gasteiger partial charge is 0.338 e. The van der Waals surface area contributed by atoms with E-state index in [4.69, 9.17) is 15.2 Å². The van der Waals surface area contributed by atoms with E-state index in [0.29, 0.717) is 24.3 Å². The number of primary amides is 1. The van der Waals surface area contributed by atoms with Crippen molar-refractivity contribution in [3.05, 3.63) is 59.4 Å². The van der Waals surface area contributed by atoms with Crippen molar-refractivity contribution in [1.82, 2.24) is 4.98 Å². The minimum atomic E-state index is -0.554. The van der Waals surface area contributed by atoms with Crippen LogP contribution in [0.15, 0.2) is 42.5 Å².